The summed E-state index contributed by atoms with van der Waals surface area (Å²) in [4.78, 5) is 16.2. The van der Waals surface area contributed by atoms with E-state index in [0.29, 0.717) is 5.39 Å². The number of carbonyl (C=O) groups excluding carboxylic acids is 1. The van der Waals surface area contributed by atoms with Crippen molar-refractivity contribution in [3.63, 3.8) is 0 Å². The molecular weight excluding hydrogens is 366 g/mol. The van der Waals surface area contributed by atoms with Crippen molar-refractivity contribution in [3.8, 4) is 0 Å². The smallest absolute Gasteiger partial charge is 0.354 e. The fourth-order valence-corrected chi connectivity index (χ4v) is 3.17. The quantitative estimate of drug-likeness (QED) is 0.650. The maximum Gasteiger partial charge on any atom is 0.354 e. The number of nitrogens with zero attached hydrogens (tertiary/aromatic N) is 2. The Hall–Kier alpha value is -2.81. The number of methoxy groups -OCH3 is 1. The molecule has 136 valence electrons. The molecule has 0 N–H and O–H groups in total. The van der Waals surface area contributed by atoms with E-state index in [4.69, 9.17) is 4.74 Å². The molecule has 0 aliphatic heterocycles. The first-order valence-electron chi connectivity index (χ1n) is 7.42. The van der Waals surface area contributed by atoms with Crippen LogP contribution < -0.4 is 0 Å². The number of sulfone groups is 1. The van der Waals surface area contributed by atoms with Gasteiger partial charge >= 0.3 is 5.97 Å². The molecule has 0 unspecified atom stereocenters. The molecule has 0 radical (unpaired) electrons. The molecule has 2 heterocycles. The SMILES string of the molecule is COC(=O)c1cc2cc(S(C)(=O)=O)cnc2n1Cc1ccc(F)cc1F. The summed E-state index contributed by atoms with van der Waals surface area (Å²) in [6.07, 6.45) is 2.21. The topological polar surface area (TPSA) is 78.3 Å². The summed E-state index contributed by atoms with van der Waals surface area (Å²) in [6, 6.07) is 5.92. The van der Waals surface area contributed by atoms with Gasteiger partial charge in [-0.3, -0.25) is 0 Å². The molecule has 0 saturated heterocycles. The molecule has 0 bridgehead atoms. The molecule has 9 heteroatoms. The number of benzene rings is 1. The van der Waals surface area contributed by atoms with E-state index in [9.17, 15) is 22.0 Å². The molecule has 26 heavy (non-hydrogen) atoms. The van der Waals surface area contributed by atoms with Crippen molar-refractivity contribution in [2.24, 2.45) is 0 Å². The van der Waals surface area contributed by atoms with E-state index >= 15 is 0 Å². The Labute approximate surface area is 148 Å². The van der Waals surface area contributed by atoms with Crippen molar-refractivity contribution in [2.45, 2.75) is 11.4 Å². The van der Waals surface area contributed by atoms with Crippen LogP contribution in [0.1, 0.15) is 16.1 Å². The maximum atomic E-state index is 14.0. The van der Waals surface area contributed by atoms with Crippen LogP contribution in [0.15, 0.2) is 41.4 Å². The second-order valence-electron chi connectivity index (χ2n) is 5.70. The Kier molecular flexibility index (Phi) is 4.49. The van der Waals surface area contributed by atoms with E-state index < -0.39 is 27.4 Å². The Morgan fingerprint density at radius 3 is 2.58 bits per heavy atom. The molecule has 3 rings (SSSR count). The average Bonchev–Trinajstić information content (AvgIpc) is 2.93. The lowest BCUT2D eigenvalue weighted by atomic mass is 10.2. The molecule has 0 aliphatic carbocycles. The van der Waals surface area contributed by atoms with Crippen LogP contribution in [-0.4, -0.2) is 37.3 Å². The summed E-state index contributed by atoms with van der Waals surface area (Å²) in [7, 11) is -2.29. The lowest BCUT2D eigenvalue weighted by Crippen LogP contribution is -2.12. The van der Waals surface area contributed by atoms with Gasteiger partial charge in [0.25, 0.3) is 0 Å². The van der Waals surface area contributed by atoms with Crippen LogP contribution in [-0.2, 0) is 21.1 Å². The molecule has 2 aromatic heterocycles. The van der Waals surface area contributed by atoms with Gasteiger partial charge in [0, 0.05) is 29.5 Å². The molecule has 3 aromatic rings. The van der Waals surface area contributed by atoms with Gasteiger partial charge in [-0.1, -0.05) is 6.07 Å². The van der Waals surface area contributed by atoms with Crippen LogP contribution >= 0.6 is 0 Å². The number of esters is 1. The van der Waals surface area contributed by atoms with Gasteiger partial charge in [0.15, 0.2) is 9.84 Å². The van der Waals surface area contributed by atoms with Gasteiger partial charge in [-0.2, -0.15) is 0 Å². The van der Waals surface area contributed by atoms with E-state index in [1.165, 1.54) is 29.9 Å². The first-order chi connectivity index (χ1) is 12.2. The minimum atomic E-state index is -3.48. The van der Waals surface area contributed by atoms with Crippen molar-refractivity contribution in [1.29, 1.82) is 0 Å². The van der Waals surface area contributed by atoms with Gasteiger partial charge in [0.1, 0.15) is 23.0 Å². The van der Waals surface area contributed by atoms with E-state index in [1.54, 1.807) is 0 Å². The highest BCUT2D eigenvalue weighted by atomic mass is 32.2. The van der Waals surface area contributed by atoms with Crippen LogP contribution in [0.25, 0.3) is 11.0 Å². The Balaban J connectivity index is 2.19. The normalized spacial score (nSPS) is 11.7. The largest absolute Gasteiger partial charge is 0.464 e. The number of hydrogen-bond acceptors (Lipinski definition) is 5. The number of aromatic nitrogens is 2. The molecule has 0 amide bonds. The molecule has 0 fully saturated rings. The summed E-state index contributed by atoms with van der Waals surface area (Å²) in [6.45, 7) is -0.106. The van der Waals surface area contributed by atoms with Crippen molar-refractivity contribution in [3.05, 3.63) is 59.4 Å². The monoisotopic (exact) mass is 380 g/mol. The number of rotatable bonds is 4. The predicted octanol–water partition coefficient (Wildman–Crippen LogP) is 2.55. The van der Waals surface area contributed by atoms with Gasteiger partial charge in [-0.15, -0.1) is 0 Å². The highest BCUT2D eigenvalue weighted by molar-refractivity contribution is 7.90. The fourth-order valence-electron chi connectivity index (χ4n) is 2.58. The first-order valence-corrected chi connectivity index (χ1v) is 9.31. The maximum absolute atomic E-state index is 14.0. The zero-order valence-corrected chi connectivity index (χ0v) is 14.7. The fraction of sp³-hybridized carbons (Fsp3) is 0.176. The second kappa shape index (κ2) is 6.49. The third-order valence-electron chi connectivity index (χ3n) is 3.87. The average molecular weight is 380 g/mol. The summed E-state index contributed by atoms with van der Waals surface area (Å²) >= 11 is 0. The third-order valence-corrected chi connectivity index (χ3v) is 4.95. The summed E-state index contributed by atoms with van der Waals surface area (Å²) in [5.41, 5.74) is 0.494. The van der Waals surface area contributed by atoms with Crippen molar-refractivity contribution in [1.82, 2.24) is 9.55 Å². The van der Waals surface area contributed by atoms with Crippen LogP contribution in [0, 0.1) is 11.6 Å². The Morgan fingerprint density at radius 1 is 1.23 bits per heavy atom. The second-order valence-corrected chi connectivity index (χ2v) is 7.71. The number of carbonyl (C=O) groups is 1. The third kappa shape index (κ3) is 3.30. The van der Waals surface area contributed by atoms with Crippen molar-refractivity contribution in [2.75, 3.05) is 13.4 Å². The van der Waals surface area contributed by atoms with Gasteiger partial charge in [-0.05, 0) is 18.2 Å². The van der Waals surface area contributed by atoms with E-state index in [0.717, 1.165) is 24.6 Å². The van der Waals surface area contributed by atoms with Crippen LogP contribution in [0.3, 0.4) is 0 Å². The number of halogens is 2. The van der Waals surface area contributed by atoms with Crippen molar-refractivity contribution >= 4 is 26.8 Å². The van der Waals surface area contributed by atoms with E-state index in [2.05, 4.69) is 4.98 Å². The molecule has 6 nitrogen and oxygen atoms in total. The minimum Gasteiger partial charge on any atom is -0.464 e. The molecular formula is C17H14F2N2O4S. The van der Waals surface area contributed by atoms with Crippen LogP contribution in [0.2, 0.25) is 0 Å². The molecule has 0 saturated carbocycles. The summed E-state index contributed by atoms with van der Waals surface area (Å²) in [5, 5.41) is 0.385. The molecule has 0 atom stereocenters. The number of pyridine rings is 1. The highest BCUT2D eigenvalue weighted by Gasteiger charge is 2.20. The number of ether oxygens (including phenoxy) is 1. The zero-order valence-electron chi connectivity index (χ0n) is 13.9. The Bertz CT molecular complexity index is 1120. The predicted molar refractivity (Wildman–Crippen MR) is 89.6 cm³/mol. The van der Waals surface area contributed by atoms with Gasteiger partial charge in [0.2, 0.25) is 0 Å². The van der Waals surface area contributed by atoms with Gasteiger partial charge in [0.05, 0.1) is 18.6 Å². The molecule has 0 spiro atoms. The van der Waals surface area contributed by atoms with E-state index in [-0.39, 0.29) is 28.3 Å². The number of hydrogen-bond donors (Lipinski definition) is 0. The summed E-state index contributed by atoms with van der Waals surface area (Å²) < 4.78 is 56.6. The lowest BCUT2D eigenvalue weighted by Gasteiger charge is -2.10. The van der Waals surface area contributed by atoms with E-state index in [1.807, 2.05) is 0 Å². The minimum absolute atomic E-state index is 0.00784. The molecule has 1 aromatic carbocycles. The molecule has 0 aliphatic rings. The Morgan fingerprint density at radius 2 is 1.96 bits per heavy atom. The van der Waals surface area contributed by atoms with Crippen LogP contribution in [0.4, 0.5) is 8.78 Å². The van der Waals surface area contributed by atoms with Gasteiger partial charge in [-0.25, -0.2) is 27.0 Å². The lowest BCUT2D eigenvalue weighted by molar-refractivity contribution is 0.0589. The standard InChI is InChI=1S/C17H14F2N2O4S/c1-25-17(22)15-6-11-5-13(26(2,23)24)8-20-16(11)21(15)9-10-3-4-12(18)7-14(10)19/h3-8H,9H2,1-2H3. The van der Waals surface area contributed by atoms with Gasteiger partial charge < -0.3 is 9.30 Å². The highest BCUT2D eigenvalue weighted by Crippen LogP contribution is 2.24. The van der Waals surface area contributed by atoms with Crippen LogP contribution in [0.5, 0.6) is 0 Å². The summed E-state index contributed by atoms with van der Waals surface area (Å²) in [5.74, 6) is -2.17. The van der Waals surface area contributed by atoms with Crippen molar-refractivity contribution < 1.29 is 26.7 Å². The first kappa shape index (κ1) is 18.0. The number of fused-ring (bicyclic) bond motifs is 1. The zero-order chi connectivity index (χ0) is 19.1.